The molecule has 0 radical (unpaired) electrons. The SMILES string of the molecule is O=C(Cn1cnc2c(Cl)cc(Cl)cc2c1=O)Nc1ccccc1F. The first-order valence-electron chi connectivity index (χ1n) is 6.84. The molecule has 0 saturated carbocycles. The Morgan fingerprint density at radius 3 is 2.75 bits per heavy atom. The third-order valence-corrected chi connectivity index (χ3v) is 3.81. The second kappa shape index (κ2) is 6.59. The number of carbonyl (C=O) groups excluding carboxylic acids is 1. The van der Waals surface area contributed by atoms with Gasteiger partial charge < -0.3 is 5.32 Å². The van der Waals surface area contributed by atoms with Crippen LogP contribution < -0.4 is 10.9 Å². The lowest BCUT2D eigenvalue weighted by Crippen LogP contribution is -2.28. The topological polar surface area (TPSA) is 64.0 Å². The van der Waals surface area contributed by atoms with Crippen LogP contribution >= 0.6 is 23.2 Å². The van der Waals surface area contributed by atoms with Crippen LogP contribution in [0.5, 0.6) is 0 Å². The third-order valence-electron chi connectivity index (χ3n) is 3.31. The third kappa shape index (κ3) is 3.25. The molecule has 1 heterocycles. The summed E-state index contributed by atoms with van der Waals surface area (Å²) < 4.78 is 14.6. The van der Waals surface area contributed by atoms with Crippen molar-refractivity contribution in [1.82, 2.24) is 9.55 Å². The van der Waals surface area contributed by atoms with Gasteiger partial charge in [-0.3, -0.25) is 14.2 Å². The number of amides is 1. The van der Waals surface area contributed by atoms with Crippen molar-refractivity contribution >= 4 is 45.7 Å². The minimum Gasteiger partial charge on any atom is -0.322 e. The number of rotatable bonds is 3. The van der Waals surface area contributed by atoms with Crippen LogP contribution in [0.2, 0.25) is 10.0 Å². The fourth-order valence-electron chi connectivity index (χ4n) is 2.21. The summed E-state index contributed by atoms with van der Waals surface area (Å²) in [5, 5.41) is 3.15. The summed E-state index contributed by atoms with van der Waals surface area (Å²) in [6.07, 6.45) is 1.21. The van der Waals surface area contributed by atoms with Crippen LogP contribution in [0.4, 0.5) is 10.1 Å². The fraction of sp³-hybridized carbons (Fsp3) is 0.0625. The largest absolute Gasteiger partial charge is 0.322 e. The normalized spacial score (nSPS) is 10.8. The van der Waals surface area contributed by atoms with Gasteiger partial charge in [0.1, 0.15) is 12.4 Å². The highest BCUT2D eigenvalue weighted by atomic mass is 35.5. The molecule has 0 fully saturated rings. The summed E-state index contributed by atoms with van der Waals surface area (Å²) in [5.74, 6) is -1.12. The molecule has 0 atom stereocenters. The van der Waals surface area contributed by atoms with E-state index in [4.69, 9.17) is 23.2 Å². The Balaban J connectivity index is 1.90. The minimum absolute atomic E-state index is 0.0374. The highest BCUT2D eigenvalue weighted by Crippen LogP contribution is 2.23. The second-order valence-corrected chi connectivity index (χ2v) is 5.83. The molecule has 0 aliphatic heterocycles. The molecule has 0 aliphatic carbocycles. The average molecular weight is 366 g/mol. The Labute approximate surface area is 145 Å². The van der Waals surface area contributed by atoms with Crippen LogP contribution in [-0.2, 0) is 11.3 Å². The van der Waals surface area contributed by atoms with Crippen LogP contribution in [0.1, 0.15) is 0 Å². The number of nitrogens with one attached hydrogen (secondary N) is 1. The molecule has 1 aromatic heterocycles. The van der Waals surface area contributed by atoms with E-state index in [1.54, 1.807) is 6.07 Å². The summed E-state index contributed by atoms with van der Waals surface area (Å²) in [6.45, 7) is -0.319. The Kier molecular flexibility index (Phi) is 4.51. The van der Waals surface area contributed by atoms with Crippen LogP contribution in [0, 0.1) is 5.82 Å². The van der Waals surface area contributed by atoms with E-state index in [9.17, 15) is 14.0 Å². The smallest absolute Gasteiger partial charge is 0.261 e. The number of para-hydroxylation sites is 1. The number of anilines is 1. The van der Waals surface area contributed by atoms with Gasteiger partial charge in [-0.25, -0.2) is 9.37 Å². The Morgan fingerprint density at radius 2 is 2.00 bits per heavy atom. The first kappa shape index (κ1) is 16.4. The molecule has 5 nitrogen and oxygen atoms in total. The van der Waals surface area contributed by atoms with E-state index in [0.717, 1.165) is 4.57 Å². The number of hydrogen-bond acceptors (Lipinski definition) is 3. The quantitative estimate of drug-likeness (QED) is 0.772. The number of benzene rings is 2. The molecule has 2 aromatic carbocycles. The van der Waals surface area contributed by atoms with Crippen molar-refractivity contribution < 1.29 is 9.18 Å². The monoisotopic (exact) mass is 365 g/mol. The molecular weight excluding hydrogens is 356 g/mol. The van der Waals surface area contributed by atoms with Crippen LogP contribution in [-0.4, -0.2) is 15.5 Å². The van der Waals surface area contributed by atoms with Crippen molar-refractivity contribution in [3.05, 3.63) is 68.9 Å². The van der Waals surface area contributed by atoms with E-state index < -0.39 is 17.3 Å². The molecule has 3 aromatic rings. The Morgan fingerprint density at radius 1 is 1.25 bits per heavy atom. The summed E-state index contributed by atoms with van der Waals surface area (Å²) >= 11 is 11.9. The molecule has 1 amide bonds. The predicted octanol–water partition coefficient (Wildman–Crippen LogP) is 3.48. The van der Waals surface area contributed by atoms with Crippen LogP contribution in [0.15, 0.2) is 47.5 Å². The van der Waals surface area contributed by atoms with E-state index in [2.05, 4.69) is 10.3 Å². The highest BCUT2D eigenvalue weighted by molar-refractivity contribution is 6.38. The molecular formula is C16H10Cl2FN3O2. The molecule has 0 bridgehead atoms. The standard InChI is InChI=1S/C16H10Cl2FN3O2/c17-9-5-10-15(11(18)6-9)20-8-22(16(10)24)7-14(23)21-13-4-2-1-3-12(13)19/h1-6,8H,7H2,(H,21,23). The lowest BCUT2D eigenvalue weighted by molar-refractivity contribution is -0.116. The zero-order valence-corrected chi connectivity index (χ0v) is 13.6. The van der Waals surface area contributed by atoms with Gasteiger partial charge in [-0.05, 0) is 24.3 Å². The van der Waals surface area contributed by atoms with E-state index in [0.29, 0.717) is 10.5 Å². The number of fused-ring (bicyclic) bond motifs is 1. The molecule has 122 valence electrons. The van der Waals surface area contributed by atoms with Gasteiger partial charge in [0.05, 0.1) is 27.9 Å². The van der Waals surface area contributed by atoms with Crippen molar-refractivity contribution in [2.24, 2.45) is 0 Å². The molecule has 0 unspecified atom stereocenters. The number of halogens is 3. The second-order valence-electron chi connectivity index (χ2n) is 4.99. The van der Waals surface area contributed by atoms with Gasteiger partial charge in [0.25, 0.3) is 5.56 Å². The zero-order chi connectivity index (χ0) is 17.3. The van der Waals surface area contributed by atoms with Gasteiger partial charge >= 0.3 is 0 Å². The summed E-state index contributed by atoms with van der Waals surface area (Å²) in [5.41, 5.74) is -0.125. The molecule has 1 N–H and O–H groups in total. The Hall–Kier alpha value is -2.44. The molecule has 0 spiro atoms. The van der Waals surface area contributed by atoms with Crippen molar-refractivity contribution in [2.45, 2.75) is 6.54 Å². The zero-order valence-electron chi connectivity index (χ0n) is 12.1. The number of carbonyl (C=O) groups is 1. The summed E-state index contributed by atoms with van der Waals surface area (Å²) in [7, 11) is 0. The van der Waals surface area contributed by atoms with E-state index in [1.165, 1.54) is 36.7 Å². The summed E-state index contributed by atoms with van der Waals surface area (Å²) in [4.78, 5) is 28.6. The van der Waals surface area contributed by atoms with Crippen molar-refractivity contribution in [3.8, 4) is 0 Å². The maximum Gasteiger partial charge on any atom is 0.261 e. The number of hydrogen-bond donors (Lipinski definition) is 1. The highest BCUT2D eigenvalue weighted by Gasteiger charge is 2.12. The predicted molar refractivity (Wildman–Crippen MR) is 91.1 cm³/mol. The molecule has 8 heteroatoms. The van der Waals surface area contributed by atoms with Crippen LogP contribution in [0.3, 0.4) is 0 Å². The van der Waals surface area contributed by atoms with E-state index in [-0.39, 0.29) is 22.6 Å². The number of nitrogens with zero attached hydrogens (tertiary/aromatic N) is 2. The van der Waals surface area contributed by atoms with Gasteiger partial charge in [-0.1, -0.05) is 35.3 Å². The van der Waals surface area contributed by atoms with E-state index >= 15 is 0 Å². The van der Waals surface area contributed by atoms with Crippen molar-refractivity contribution in [1.29, 1.82) is 0 Å². The fourth-order valence-corrected chi connectivity index (χ4v) is 2.76. The van der Waals surface area contributed by atoms with Crippen molar-refractivity contribution in [2.75, 3.05) is 5.32 Å². The van der Waals surface area contributed by atoms with Gasteiger partial charge in [0.15, 0.2) is 0 Å². The van der Waals surface area contributed by atoms with Gasteiger partial charge in [0, 0.05) is 5.02 Å². The van der Waals surface area contributed by atoms with Gasteiger partial charge in [-0.15, -0.1) is 0 Å². The molecule has 24 heavy (non-hydrogen) atoms. The van der Waals surface area contributed by atoms with E-state index in [1.807, 2.05) is 0 Å². The van der Waals surface area contributed by atoms with Crippen molar-refractivity contribution in [3.63, 3.8) is 0 Å². The maximum absolute atomic E-state index is 13.5. The molecule has 0 aliphatic rings. The average Bonchev–Trinajstić information content (AvgIpc) is 2.53. The minimum atomic E-state index is -0.562. The first-order valence-corrected chi connectivity index (χ1v) is 7.60. The van der Waals surface area contributed by atoms with Gasteiger partial charge in [0.2, 0.25) is 5.91 Å². The summed E-state index contributed by atoms with van der Waals surface area (Å²) in [6, 6.07) is 8.66. The lowest BCUT2D eigenvalue weighted by Gasteiger charge is -2.09. The lowest BCUT2D eigenvalue weighted by atomic mass is 10.2. The van der Waals surface area contributed by atoms with Crippen LogP contribution in [0.25, 0.3) is 10.9 Å². The van der Waals surface area contributed by atoms with Gasteiger partial charge in [-0.2, -0.15) is 0 Å². The Bertz CT molecular complexity index is 1000. The maximum atomic E-state index is 13.5. The molecule has 0 saturated heterocycles. The number of aromatic nitrogens is 2. The first-order chi connectivity index (χ1) is 11.5. The molecule has 3 rings (SSSR count).